The average molecular weight is 1750 g/mol. The number of carbonyl (C=O) groups excluding carboxylic acids is 1. The maximum atomic E-state index is 12.6. The Balaban J connectivity index is 0.000000121. The van der Waals surface area contributed by atoms with Crippen LogP contribution in [-0.2, 0) is 73.8 Å². The largest absolute Gasteiger partial charge is 0.392 e. The van der Waals surface area contributed by atoms with Crippen molar-refractivity contribution in [3.05, 3.63) is 155 Å². The van der Waals surface area contributed by atoms with E-state index in [1.165, 1.54) is 11.3 Å². The molecule has 0 bridgehead atoms. The van der Waals surface area contributed by atoms with Crippen LogP contribution < -0.4 is 62.1 Å². The van der Waals surface area contributed by atoms with E-state index in [0.29, 0.717) is 60.8 Å². The zero-order chi connectivity index (χ0) is 90.1. The fourth-order valence-corrected chi connectivity index (χ4v) is 18.6. The van der Waals surface area contributed by atoms with Gasteiger partial charge in [0.05, 0.1) is 146 Å². The molecule has 13 aromatic rings. The number of aromatic nitrogens is 21. The summed E-state index contributed by atoms with van der Waals surface area (Å²) >= 11 is 0. The minimum atomic E-state index is -0.678. The van der Waals surface area contributed by atoms with Gasteiger partial charge in [-0.05, 0) is 151 Å². The highest BCUT2D eigenvalue weighted by Crippen LogP contribution is 2.48. The Morgan fingerprint density at radius 2 is 0.915 bits per heavy atom. The van der Waals surface area contributed by atoms with Crippen LogP contribution in [0.5, 0.6) is 0 Å². The second-order valence-electron chi connectivity index (χ2n) is 36.0. The van der Waals surface area contributed by atoms with Gasteiger partial charge in [0.15, 0.2) is 5.65 Å². The van der Waals surface area contributed by atoms with E-state index in [9.17, 15) is 9.90 Å². The second-order valence-corrected chi connectivity index (χ2v) is 36.0. The molecule has 17 heterocycles. The first-order chi connectivity index (χ1) is 62.3. The molecule has 0 aromatic carbocycles. The number of Topliss-reactive ketones (excluding diaryl/α,β-unsaturated/α-hetero) is 1. The van der Waals surface area contributed by atoms with E-state index in [2.05, 4.69) is 207 Å². The predicted octanol–water partition coefficient (Wildman–Crippen LogP) is 10.9. The van der Waals surface area contributed by atoms with Crippen molar-refractivity contribution in [2.45, 2.75) is 156 Å². The highest BCUT2D eigenvalue weighted by Gasteiger charge is 2.46. The summed E-state index contributed by atoms with van der Waals surface area (Å²) in [4.78, 5) is 82.6. The molecule has 0 amide bonds. The SMILES string of the molecule is CC(=O)C1(C)Cc2cnc(Nc3ccc(N4CCNCC4)cn3)nc2-c2c1ncn2C(C)C.CC(C)c1c2c(nn1C)C(C)(C(C)O)Cc1cnc(Nc3ccc(N4CCNCC4)cn3)nc1-2.CC(C)c1c2c3nc(Nc4ccc(N5CCNCC5)cn4)ncc3n(C)c2nn1C.COCc1nn(C(C)C)c2c1CCc1cnc(Nc3ccc(N4CCNCC4)cn3)nc1-2. The lowest BCUT2D eigenvalue weighted by molar-refractivity contribution is -0.122. The van der Waals surface area contributed by atoms with Gasteiger partial charge in [0.25, 0.3) is 0 Å². The van der Waals surface area contributed by atoms with E-state index in [1.54, 1.807) is 14.0 Å². The van der Waals surface area contributed by atoms with E-state index < -0.39 is 16.9 Å². The summed E-state index contributed by atoms with van der Waals surface area (Å²) < 4.78 is 15.5. The predicted molar refractivity (Wildman–Crippen MR) is 505 cm³/mol. The summed E-state index contributed by atoms with van der Waals surface area (Å²) in [5, 5.41) is 52.7. The van der Waals surface area contributed by atoms with Crippen molar-refractivity contribution in [3.63, 3.8) is 0 Å². The van der Waals surface area contributed by atoms with Gasteiger partial charge in [-0.2, -0.15) is 15.3 Å². The Bertz CT molecular complexity index is 6130. The van der Waals surface area contributed by atoms with Crippen molar-refractivity contribution < 1.29 is 14.6 Å². The number of aryl methyl sites for hydroxylation is 4. The molecule has 9 N–H and O–H groups in total. The van der Waals surface area contributed by atoms with Crippen molar-refractivity contribution >= 4 is 97.7 Å². The van der Waals surface area contributed by atoms with E-state index >= 15 is 0 Å². The number of fused-ring (bicyclic) bond motifs is 12. The quantitative estimate of drug-likeness (QED) is 0.0342. The number of hydrogen-bond donors (Lipinski definition) is 9. The smallest absolute Gasteiger partial charge is 0.229 e. The molecular formula is C93H121N33O3. The Hall–Kier alpha value is -12.6. The Labute approximate surface area is 752 Å². The standard InChI is InChI=1S/C25H34N8O.C24H30N8O.C23H30N8O.C21H27N9/c1-15(2)22-20-21-17(12-25(4,16(3)34)23(20)31-32(22)5)13-28-24(30-21)29-19-7-6-18(14-27-19)33-10-8-26-9-11-33;1-15(2)32-14-28-22-21(32)20-17(11-24(22,4)16(3)33)12-27-23(30-20)29-19-6-5-18(13-26-19)31-9-7-25-8-10-31;1-15(2)31-22-18(19(29-31)14-32-3)6-4-16-12-26-23(28-21(16)22)27-20-7-5-17(13-25-20)30-10-8-24-9-11-30;1-13(2)19-17-18-15(28(3)20(17)27-29(19)4)12-24-21(26-18)25-16-6-5-14(11-23-16)30-9-7-22-8-10-30/h6-7,13-16,26,34H,8-12H2,1-5H3,(H,27,28,29,30);5-6,12-15,25H,7-11H2,1-4H3,(H,26,27,29,30);5,7,12-13,15,24H,4,6,8-11,14H2,1-3H3,(H,25,26,27,28);5-6,11-13,22H,7-10H2,1-4H3,(H,23,24,25,26). The van der Waals surface area contributed by atoms with Gasteiger partial charge in [0, 0.05) is 180 Å². The summed E-state index contributed by atoms with van der Waals surface area (Å²) in [5.41, 5.74) is 21.2. The van der Waals surface area contributed by atoms with Crippen LogP contribution in [0, 0.1) is 0 Å². The van der Waals surface area contributed by atoms with Gasteiger partial charge in [-0.3, -0.25) is 18.8 Å². The summed E-state index contributed by atoms with van der Waals surface area (Å²) in [6, 6.07) is 16.7. The van der Waals surface area contributed by atoms with Gasteiger partial charge in [-0.1, -0.05) is 34.6 Å². The van der Waals surface area contributed by atoms with E-state index in [-0.39, 0.29) is 23.8 Å². The van der Waals surface area contributed by atoms with Crippen LogP contribution in [0.15, 0.2) is 104 Å². The fraction of sp³-hybridized carbons (Fsp3) is 0.473. The van der Waals surface area contributed by atoms with Crippen LogP contribution in [0.2, 0.25) is 0 Å². The first-order valence-corrected chi connectivity index (χ1v) is 45.3. The zero-order valence-corrected chi connectivity index (χ0v) is 77.0. The number of piperazine rings is 4. The molecule has 36 heteroatoms. The average Bonchev–Trinajstić information content (AvgIpc) is 1.64. The number of nitrogens with one attached hydrogen (secondary N) is 8. The van der Waals surface area contributed by atoms with Gasteiger partial charge in [-0.25, -0.2) is 64.8 Å². The normalized spacial score (nSPS) is 17.9. The zero-order valence-electron chi connectivity index (χ0n) is 77.0. The lowest BCUT2D eigenvalue weighted by Crippen LogP contribution is -2.43. The van der Waals surface area contributed by atoms with Gasteiger partial charge in [-0.15, -0.1) is 0 Å². The minimum Gasteiger partial charge on any atom is -0.392 e. The van der Waals surface area contributed by atoms with E-state index in [4.69, 9.17) is 40.0 Å². The number of pyridine rings is 4. The lowest BCUT2D eigenvalue weighted by Gasteiger charge is -2.36. The summed E-state index contributed by atoms with van der Waals surface area (Å²) in [6.45, 7) is 41.1. The van der Waals surface area contributed by atoms with Crippen LogP contribution in [0.3, 0.4) is 0 Å². The number of ether oxygens (including phenoxy) is 1. The molecule has 13 aromatic heterocycles. The minimum absolute atomic E-state index is 0.0967. The summed E-state index contributed by atoms with van der Waals surface area (Å²) in [7, 11) is 7.68. The van der Waals surface area contributed by atoms with Crippen molar-refractivity contribution in [1.82, 2.24) is 125 Å². The third-order valence-corrected chi connectivity index (χ3v) is 25.8. The van der Waals surface area contributed by atoms with Crippen LogP contribution in [0.25, 0.3) is 56.1 Å². The Morgan fingerprint density at radius 3 is 1.34 bits per heavy atom. The first-order valence-electron chi connectivity index (χ1n) is 45.3. The molecule has 0 spiro atoms. The molecule has 3 atom stereocenters. The van der Waals surface area contributed by atoms with Gasteiger partial charge in [0.2, 0.25) is 23.8 Å². The number of aliphatic hydroxyl groups is 1. The number of imidazole rings is 1. The van der Waals surface area contributed by atoms with Crippen molar-refractivity contribution in [3.8, 4) is 34.0 Å². The lowest BCUT2D eigenvalue weighted by atomic mass is 9.70. The Kier molecular flexibility index (Phi) is 25.8. The van der Waals surface area contributed by atoms with Crippen LogP contribution in [0.1, 0.15) is 158 Å². The third kappa shape index (κ3) is 18.1. The summed E-state index contributed by atoms with van der Waals surface area (Å²) in [6.07, 6.45) is 19.4. The van der Waals surface area contributed by atoms with Crippen molar-refractivity contribution in [1.29, 1.82) is 0 Å². The first kappa shape index (κ1) is 88.4. The number of hydrogen-bond acceptors (Lipinski definition) is 31. The van der Waals surface area contributed by atoms with Crippen molar-refractivity contribution in [2.24, 2.45) is 21.1 Å². The van der Waals surface area contributed by atoms with Crippen LogP contribution in [0.4, 0.5) is 69.8 Å². The fourth-order valence-electron chi connectivity index (χ4n) is 18.6. The maximum Gasteiger partial charge on any atom is 0.229 e. The van der Waals surface area contributed by atoms with E-state index in [0.717, 1.165) is 248 Å². The van der Waals surface area contributed by atoms with Gasteiger partial charge < -0.3 is 81.1 Å². The third-order valence-electron chi connectivity index (χ3n) is 25.8. The van der Waals surface area contributed by atoms with Gasteiger partial charge in [0.1, 0.15) is 34.6 Å². The molecule has 0 saturated carbocycles. The number of ketones is 1. The van der Waals surface area contributed by atoms with Crippen LogP contribution >= 0.6 is 0 Å². The highest BCUT2D eigenvalue weighted by molar-refractivity contribution is 6.06. The number of carbonyl (C=O) groups is 1. The number of rotatable bonds is 20. The molecule has 4 saturated heterocycles. The molecular weight excluding hydrogens is 1630 g/mol. The molecule has 4 fully saturated rings. The van der Waals surface area contributed by atoms with E-state index in [1.807, 2.05) is 125 Å². The Morgan fingerprint density at radius 1 is 0.481 bits per heavy atom. The number of methoxy groups -OCH3 is 1. The van der Waals surface area contributed by atoms with Crippen LogP contribution in [-0.4, -0.2) is 232 Å². The molecule has 0 radical (unpaired) electrons. The number of anilines is 12. The monoisotopic (exact) mass is 1750 g/mol. The second kappa shape index (κ2) is 37.6. The molecule has 20 rings (SSSR count). The molecule has 7 aliphatic rings. The molecule has 3 unspecified atom stereocenters. The number of aliphatic hydroxyl groups excluding tert-OH is 1. The maximum absolute atomic E-state index is 12.6. The molecule has 129 heavy (non-hydrogen) atoms. The molecule has 36 nitrogen and oxygen atoms in total. The molecule has 4 aliphatic heterocycles. The highest BCUT2D eigenvalue weighted by atomic mass is 16.5. The van der Waals surface area contributed by atoms with Crippen molar-refractivity contribution in [2.75, 3.05) is 153 Å². The number of nitrogens with zero attached hydrogens (tertiary/aromatic N) is 25. The van der Waals surface area contributed by atoms with Gasteiger partial charge >= 0.3 is 0 Å². The topological polar surface area (TPSA) is 387 Å². The molecule has 3 aliphatic carbocycles. The molecule has 676 valence electrons. The summed E-state index contributed by atoms with van der Waals surface area (Å²) in [5.74, 6) is 5.63.